The molecule has 1 unspecified atom stereocenters. The zero-order valence-corrected chi connectivity index (χ0v) is 12.1. The van der Waals surface area contributed by atoms with Crippen LogP contribution in [-0.4, -0.2) is 37.4 Å². The van der Waals surface area contributed by atoms with Gasteiger partial charge in [0.05, 0.1) is 0 Å². The van der Waals surface area contributed by atoms with Crippen LogP contribution in [0.5, 0.6) is 5.75 Å². The number of halogens is 3. The highest BCUT2D eigenvalue weighted by atomic mass is 19.4. The van der Waals surface area contributed by atoms with Gasteiger partial charge in [0.25, 0.3) is 0 Å². The van der Waals surface area contributed by atoms with Crippen LogP contribution in [0.4, 0.5) is 18.9 Å². The molecule has 6 heteroatoms. The van der Waals surface area contributed by atoms with Crippen LogP contribution in [0.3, 0.4) is 0 Å². The van der Waals surface area contributed by atoms with Crippen molar-refractivity contribution in [2.45, 2.75) is 38.1 Å². The summed E-state index contributed by atoms with van der Waals surface area (Å²) in [7, 11) is 2.15. The lowest BCUT2D eigenvalue weighted by Crippen LogP contribution is -2.37. The molecule has 118 valence electrons. The molecule has 1 aromatic rings. The van der Waals surface area contributed by atoms with Gasteiger partial charge in [-0.1, -0.05) is 6.42 Å². The fourth-order valence-electron chi connectivity index (χ4n) is 2.67. The summed E-state index contributed by atoms with van der Waals surface area (Å²) in [5.74, 6) is -0.194. The highest BCUT2D eigenvalue weighted by molar-refractivity contribution is 5.46. The average Bonchev–Trinajstić information content (AvgIpc) is 2.41. The number of rotatable bonds is 5. The minimum Gasteiger partial charge on any atom is -0.406 e. The second-order valence-electron chi connectivity index (χ2n) is 5.42. The summed E-state index contributed by atoms with van der Waals surface area (Å²) in [6.45, 7) is 1.96. The first-order valence-electron chi connectivity index (χ1n) is 7.24. The first kappa shape index (κ1) is 15.9. The van der Waals surface area contributed by atoms with Crippen LogP contribution >= 0.6 is 0 Å². The second kappa shape index (κ2) is 7.02. The smallest absolute Gasteiger partial charge is 0.406 e. The maximum Gasteiger partial charge on any atom is 0.573 e. The van der Waals surface area contributed by atoms with Gasteiger partial charge in [0.2, 0.25) is 0 Å². The molecule has 21 heavy (non-hydrogen) atoms. The summed E-state index contributed by atoms with van der Waals surface area (Å²) in [6, 6.07) is 6.45. The second-order valence-corrected chi connectivity index (χ2v) is 5.42. The summed E-state index contributed by atoms with van der Waals surface area (Å²) in [5, 5.41) is 3.24. The molecule has 1 aromatic carbocycles. The molecule has 1 fully saturated rings. The number of likely N-dealkylation sites (tertiary alicyclic amines) is 1. The van der Waals surface area contributed by atoms with Gasteiger partial charge in [0.15, 0.2) is 0 Å². The van der Waals surface area contributed by atoms with E-state index in [1.165, 1.54) is 31.4 Å². The molecule has 1 N–H and O–H groups in total. The fourth-order valence-corrected chi connectivity index (χ4v) is 2.67. The van der Waals surface area contributed by atoms with Crippen molar-refractivity contribution < 1.29 is 17.9 Å². The van der Waals surface area contributed by atoms with Crippen LogP contribution in [-0.2, 0) is 0 Å². The largest absolute Gasteiger partial charge is 0.573 e. The van der Waals surface area contributed by atoms with E-state index in [4.69, 9.17) is 0 Å². The molecule has 0 spiro atoms. The van der Waals surface area contributed by atoms with Gasteiger partial charge in [-0.15, -0.1) is 13.2 Å². The Morgan fingerprint density at radius 3 is 2.57 bits per heavy atom. The molecule has 0 bridgehead atoms. The summed E-state index contributed by atoms with van der Waals surface area (Å²) < 4.78 is 40.0. The number of benzene rings is 1. The van der Waals surface area contributed by atoms with E-state index >= 15 is 0 Å². The van der Waals surface area contributed by atoms with Crippen molar-refractivity contribution in [1.29, 1.82) is 0 Å². The van der Waals surface area contributed by atoms with Gasteiger partial charge in [-0.05, 0) is 57.1 Å². The minimum absolute atomic E-state index is 0.194. The molecule has 1 saturated heterocycles. The number of alkyl halides is 3. The van der Waals surface area contributed by atoms with Gasteiger partial charge >= 0.3 is 6.36 Å². The highest BCUT2D eigenvalue weighted by Gasteiger charge is 2.30. The lowest BCUT2D eigenvalue weighted by molar-refractivity contribution is -0.274. The monoisotopic (exact) mass is 302 g/mol. The van der Waals surface area contributed by atoms with Gasteiger partial charge in [-0.2, -0.15) is 0 Å². The standard InChI is InChI=1S/C15H21F3N2O/c1-20-11-3-2-4-13(20)9-10-19-12-5-7-14(8-6-12)21-15(16,17)18/h5-8,13,19H,2-4,9-11H2,1H3. The Kier molecular flexibility index (Phi) is 5.33. The number of hydrogen-bond donors (Lipinski definition) is 1. The number of nitrogens with zero attached hydrogens (tertiary/aromatic N) is 1. The number of piperidine rings is 1. The van der Waals surface area contributed by atoms with Gasteiger partial charge in [-0.25, -0.2) is 0 Å². The van der Waals surface area contributed by atoms with Crippen LogP contribution in [0.15, 0.2) is 24.3 Å². The van der Waals surface area contributed by atoms with Crippen LogP contribution in [0.1, 0.15) is 25.7 Å². The lowest BCUT2D eigenvalue weighted by atomic mass is 10.0. The Hall–Kier alpha value is -1.43. The molecule has 0 radical (unpaired) electrons. The number of anilines is 1. The van der Waals surface area contributed by atoms with Crippen molar-refractivity contribution in [3.05, 3.63) is 24.3 Å². The van der Waals surface area contributed by atoms with Crippen LogP contribution in [0, 0.1) is 0 Å². The zero-order chi connectivity index (χ0) is 15.3. The Morgan fingerprint density at radius 1 is 1.24 bits per heavy atom. The molecular formula is C15H21F3N2O. The van der Waals surface area contributed by atoms with Gasteiger partial charge in [-0.3, -0.25) is 0 Å². The predicted octanol–water partition coefficient (Wildman–Crippen LogP) is 3.87. The molecular weight excluding hydrogens is 281 g/mol. The van der Waals surface area contributed by atoms with E-state index in [-0.39, 0.29) is 5.75 Å². The topological polar surface area (TPSA) is 24.5 Å². The molecule has 0 saturated carbocycles. The predicted molar refractivity (Wildman–Crippen MR) is 76.5 cm³/mol. The summed E-state index contributed by atoms with van der Waals surface area (Å²) in [4.78, 5) is 2.38. The van der Waals surface area contributed by atoms with Crippen molar-refractivity contribution in [2.75, 3.05) is 25.5 Å². The van der Waals surface area contributed by atoms with Crippen molar-refractivity contribution in [3.8, 4) is 5.75 Å². The van der Waals surface area contributed by atoms with Crippen LogP contribution in [0.2, 0.25) is 0 Å². The maximum absolute atomic E-state index is 12.0. The minimum atomic E-state index is -4.64. The van der Waals surface area contributed by atoms with Crippen LogP contribution in [0.25, 0.3) is 0 Å². The van der Waals surface area contributed by atoms with Gasteiger partial charge in [0, 0.05) is 18.3 Å². The highest BCUT2D eigenvalue weighted by Crippen LogP contribution is 2.24. The first-order valence-corrected chi connectivity index (χ1v) is 7.24. The molecule has 1 aliphatic heterocycles. The Labute approximate surface area is 123 Å². The van der Waals surface area contributed by atoms with Crippen LogP contribution < -0.4 is 10.1 Å². The summed E-state index contributed by atoms with van der Waals surface area (Å²) in [5.41, 5.74) is 0.808. The molecule has 0 aromatic heterocycles. The lowest BCUT2D eigenvalue weighted by Gasteiger charge is -2.32. The van der Waals surface area contributed by atoms with E-state index in [1.807, 2.05) is 0 Å². The van der Waals surface area contributed by atoms with Crippen molar-refractivity contribution in [3.63, 3.8) is 0 Å². The average molecular weight is 302 g/mol. The van der Waals surface area contributed by atoms with E-state index in [1.54, 1.807) is 12.1 Å². The number of nitrogens with one attached hydrogen (secondary N) is 1. The number of hydrogen-bond acceptors (Lipinski definition) is 3. The molecule has 2 rings (SSSR count). The van der Waals surface area contributed by atoms with Crippen molar-refractivity contribution >= 4 is 5.69 Å². The van der Waals surface area contributed by atoms with E-state index in [9.17, 15) is 13.2 Å². The molecule has 0 aliphatic carbocycles. The van der Waals surface area contributed by atoms with E-state index in [0.29, 0.717) is 6.04 Å². The van der Waals surface area contributed by atoms with Crippen molar-refractivity contribution in [1.82, 2.24) is 4.90 Å². The SMILES string of the molecule is CN1CCCCC1CCNc1ccc(OC(F)(F)F)cc1. The van der Waals surface area contributed by atoms with Gasteiger partial charge in [0.1, 0.15) is 5.75 Å². The third kappa shape index (κ3) is 5.46. The van der Waals surface area contributed by atoms with Crippen molar-refractivity contribution in [2.24, 2.45) is 0 Å². The molecule has 0 amide bonds. The third-order valence-electron chi connectivity index (χ3n) is 3.82. The Balaban J connectivity index is 1.76. The summed E-state index contributed by atoms with van der Waals surface area (Å²) >= 11 is 0. The summed E-state index contributed by atoms with van der Waals surface area (Å²) in [6.07, 6.45) is 0.161. The third-order valence-corrected chi connectivity index (χ3v) is 3.82. The Bertz CT molecular complexity index is 434. The molecule has 3 nitrogen and oxygen atoms in total. The fraction of sp³-hybridized carbons (Fsp3) is 0.600. The van der Waals surface area contributed by atoms with E-state index < -0.39 is 6.36 Å². The van der Waals surface area contributed by atoms with E-state index in [0.717, 1.165) is 25.2 Å². The number of ether oxygens (including phenoxy) is 1. The first-order chi connectivity index (χ1) is 9.94. The zero-order valence-electron chi connectivity index (χ0n) is 12.1. The normalized spacial score (nSPS) is 20.3. The molecule has 1 aliphatic rings. The van der Waals surface area contributed by atoms with Gasteiger partial charge < -0.3 is 15.0 Å². The Morgan fingerprint density at radius 2 is 1.95 bits per heavy atom. The quantitative estimate of drug-likeness (QED) is 0.893. The van der Waals surface area contributed by atoms with E-state index in [2.05, 4.69) is 22.0 Å². The molecule has 1 heterocycles. The maximum atomic E-state index is 12.0. The molecule has 1 atom stereocenters.